The topological polar surface area (TPSA) is 26.3 Å². The van der Waals surface area contributed by atoms with Gasteiger partial charge in [-0.3, -0.25) is 0 Å². The zero-order chi connectivity index (χ0) is 13.2. The van der Waals surface area contributed by atoms with Crippen molar-refractivity contribution in [2.45, 2.75) is 13.1 Å². The minimum atomic E-state index is -4.63. The molecular formula is C10H7F4IO2. The van der Waals surface area contributed by atoms with E-state index in [1.165, 1.54) is 29.5 Å². The van der Waals surface area contributed by atoms with Gasteiger partial charge in [-0.05, 0) is 41.6 Å². The van der Waals surface area contributed by atoms with Gasteiger partial charge in [0.1, 0.15) is 0 Å². The molecule has 0 N–H and O–H groups in total. The van der Waals surface area contributed by atoms with Gasteiger partial charge in [-0.25, -0.2) is 9.18 Å². The van der Waals surface area contributed by atoms with Crippen LogP contribution in [0.5, 0.6) is 0 Å². The van der Waals surface area contributed by atoms with Gasteiger partial charge >= 0.3 is 12.1 Å². The normalized spacial score (nSPS) is 11.4. The van der Waals surface area contributed by atoms with Crippen molar-refractivity contribution in [1.29, 1.82) is 0 Å². The molecule has 0 aliphatic heterocycles. The van der Waals surface area contributed by atoms with Crippen LogP contribution >= 0.6 is 22.6 Å². The Bertz CT molecular complexity index is 443. The monoisotopic (exact) mass is 362 g/mol. The van der Waals surface area contributed by atoms with Crippen LogP contribution in [-0.2, 0) is 10.9 Å². The van der Waals surface area contributed by atoms with Crippen LogP contribution in [0.25, 0.3) is 0 Å². The van der Waals surface area contributed by atoms with E-state index < -0.39 is 29.1 Å². The van der Waals surface area contributed by atoms with E-state index in [0.717, 1.165) is 0 Å². The van der Waals surface area contributed by atoms with E-state index in [1.807, 2.05) is 0 Å². The first-order chi connectivity index (χ1) is 7.77. The first-order valence-corrected chi connectivity index (χ1v) is 5.58. The molecule has 0 saturated heterocycles. The van der Waals surface area contributed by atoms with Crippen LogP contribution in [0.4, 0.5) is 17.6 Å². The van der Waals surface area contributed by atoms with Crippen molar-refractivity contribution in [3.63, 3.8) is 0 Å². The van der Waals surface area contributed by atoms with Crippen LogP contribution in [0.3, 0.4) is 0 Å². The number of benzene rings is 1. The lowest BCUT2D eigenvalue weighted by Gasteiger charge is -2.10. The second kappa shape index (κ2) is 5.19. The summed E-state index contributed by atoms with van der Waals surface area (Å²) in [5, 5.41) is 0. The van der Waals surface area contributed by atoms with Gasteiger partial charge < -0.3 is 4.74 Å². The molecule has 17 heavy (non-hydrogen) atoms. The quantitative estimate of drug-likeness (QED) is 0.456. The Morgan fingerprint density at radius 2 is 2.00 bits per heavy atom. The lowest BCUT2D eigenvalue weighted by Crippen LogP contribution is -2.13. The van der Waals surface area contributed by atoms with Crippen LogP contribution in [0.2, 0.25) is 0 Å². The molecule has 0 aliphatic carbocycles. The number of alkyl halides is 3. The fraction of sp³-hybridized carbons (Fsp3) is 0.300. The van der Waals surface area contributed by atoms with E-state index in [1.54, 1.807) is 0 Å². The van der Waals surface area contributed by atoms with Crippen molar-refractivity contribution in [2.75, 3.05) is 6.61 Å². The highest BCUT2D eigenvalue weighted by Gasteiger charge is 2.33. The molecule has 1 rings (SSSR count). The summed E-state index contributed by atoms with van der Waals surface area (Å²) >= 11 is 1.39. The number of carbonyl (C=O) groups is 1. The van der Waals surface area contributed by atoms with E-state index >= 15 is 0 Å². The molecule has 0 fully saturated rings. The van der Waals surface area contributed by atoms with Crippen molar-refractivity contribution in [1.82, 2.24) is 0 Å². The number of ether oxygens (including phenoxy) is 1. The van der Waals surface area contributed by atoms with E-state index in [9.17, 15) is 22.4 Å². The molecule has 0 aromatic heterocycles. The summed E-state index contributed by atoms with van der Waals surface area (Å²) in [5.41, 5.74) is -1.78. The van der Waals surface area contributed by atoms with Crippen LogP contribution in [0.15, 0.2) is 12.1 Å². The van der Waals surface area contributed by atoms with Crippen molar-refractivity contribution < 1.29 is 27.1 Å². The fourth-order valence-corrected chi connectivity index (χ4v) is 1.74. The zero-order valence-corrected chi connectivity index (χ0v) is 10.7. The lowest BCUT2D eigenvalue weighted by molar-refractivity contribution is -0.137. The van der Waals surface area contributed by atoms with Gasteiger partial charge in [-0.15, -0.1) is 0 Å². The van der Waals surface area contributed by atoms with Gasteiger partial charge in [-0.1, -0.05) is 0 Å². The average Bonchev–Trinajstić information content (AvgIpc) is 2.20. The third-order valence-electron chi connectivity index (χ3n) is 1.85. The van der Waals surface area contributed by atoms with Crippen LogP contribution in [0, 0.1) is 9.39 Å². The van der Waals surface area contributed by atoms with Gasteiger partial charge in [0.25, 0.3) is 0 Å². The highest BCUT2D eigenvalue weighted by Crippen LogP contribution is 2.32. The van der Waals surface area contributed by atoms with Crippen molar-refractivity contribution >= 4 is 28.6 Å². The Morgan fingerprint density at radius 3 is 2.47 bits per heavy atom. The van der Waals surface area contributed by atoms with E-state index in [0.29, 0.717) is 12.1 Å². The molecule has 7 heteroatoms. The summed E-state index contributed by atoms with van der Waals surface area (Å²) in [6, 6.07) is 1.09. The van der Waals surface area contributed by atoms with Gasteiger partial charge in [0.15, 0.2) is 5.82 Å². The highest BCUT2D eigenvalue weighted by atomic mass is 127. The van der Waals surface area contributed by atoms with Crippen LogP contribution < -0.4 is 0 Å². The van der Waals surface area contributed by atoms with Crippen molar-refractivity contribution in [3.05, 3.63) is 32.6 Å². The minimum Gasteiger partial charge on any atom is -0.462 e. The van der Waals surface area contributed by atoms with Crippen molar-refractivity contribution in [2.24, 2.45) is 0 Å². The summed E-state index contributed by atoms with van der Waals surface area (Å²) in [4.78, 5) is 11.3. The maximum atomic E-state index is 13.5. The SMILES string of the molecule is CCOC(=O)c1cc(C(F)(F)F)cc(I)c1F. The summed E-state index contributed by atoms with van der Waals surface area (Å²) in [5.74, 6) is -2.11. The summed E-state index contributed by atoms with van der Waals surface area (Å²) in [6.45, 7) is 1.44. The van der Waals surface area contributed by atoms with Crippen LogP contribution in [-0.4, -0.2) is 12.6 Å². The predicted octanol–water partition coefficient (Wildman–Crippen LogP) is 3.63. The third kappa shape index (κ3) is 3.30. The summed E-state index contributed by atoms with van der Waals surface area (Å²) < 4.78 is 55.0. The van der Waals surface area contributed by atoms with Crippen LogP contribution in [0.1, 0.15) is 22.8 Å². The predicted molar refractivity (Wildman–Crippen MR) is 60.1 cm³/mol. The molecule has 0 radical (unpaired) electrons. The fourth-order valence-electron chi connectivity index (χ4n) is 1.11. The van der Waals surface area contributed by atoms with Crippen molar-refractivity contribution in [3.8, 4) is 0 Å². The average molecular weight is 362 g/mol. The minimum absolute atomic E-state index is 0.0366. The number of hydrogen-bond donors (Lipinski definition) is 0. The Hall–Kier alpha value is -0.860. The Labute approximate surface area is 108 Å². The Morgan fingerprint density at radius 1 is 1.41 bits per heavy atom. The van der Waals surface area contributed by atoms with Gasteiger partial charge in [0, 0.05) is 0 Å². The number of esters is 1. The first-order valence-electron chi connectivity index (χ1n) is 4.50. The molecule has 0 saturated carbocycles. The highest BCUT2D eigenvalue weighted by molar-refractivity contribution is 14.1. The molecule has 0 bridgehead atoms. The number of halogens is 5. The Balaban J connectivity index is 3.30. The zero-order valence-electron chi connectivity index (χ0n) is 8.57. The molecule has 0 atom stereocenters. The molecule has 0 unspecified atom stereocenters. The second-order valence-corrected chi connectivity index (χ2v) is 4.20. The number of rotatable bonds is 2. The number of carbonyl (C=O) groups excluding carboxylic acids is 1. The molecule has 1 aromatic rings. The molecule has 0 aliphatic rings. The first kappa shape index (κ1) is 14.2. The maximum Gasteiger partial charge on any atom is 0.416 e. The summed E-state index contributed by atoms with van der Waals surface area (Å²) in [6.07, 6.45) is -4.63. The third-order valence-corrected chi connectivity index (χ3v) is 2.64. The molecular weight excluding hydrogens is 355 g/mol. The molecule has 0 spiro atoms. The lowest BCUT2D eigenvalue weighted by atomic mass is 10.1. The molecule has 0 heterocycles. The van der Waals surface area contributed by atoms with E-state index in [4.69, 9.17) is 0 Å². The van der Waals surface area contributed by atoms with Gasteiger partial charge in [0.05, 0.1) is 21.3 Å². The largest absolute Gasteiger partial charge is 0.462 e. The van der Waals surface area contributed by atoms with E-state index in [-0.39, 0.29) is 10.2 Å². The van der Waals surface area contributed by atoms with Gasteiger partial charge in [0.2, 0.25) is 0 Å². The molecule has 2 nitrogen and oxygen atoms in total. The second-order valence-electron chi connectivity index (χ2n) is 3.04. The number of hydrogen-bond acceptors (Lipinski definition) is 2. The van der Waals surface area contributed by atoms with E-state index in [2.05, 4.69) is 4.74 Å². The molecule has 0 amide bonds. The smallest absolute Gasteiger partial charge is 0.416 e. The summed E-state index contributed by atoms with van der Waals surface area (Å²) in [7, 11) is 0. The Kier molecular flexibility index (Phi) is 4.34. The molecule has 1 aromatic carbocycles. The van der Waals surface area contributed by atoms with Gasteiger partial charge in [-0.2, -0.15) is 13.2 Å². The molecule has 94 valence electrons. The standard InChI is InChI=1S/C10H7F4IO2/c1-2-17-9(16)6-3-5(10(12,13)14)4-7(15)8(6)11/h3-4H,2H2,1H3. The maximum absolute atomic E-state index is 13.5.